The molecule has 0 saturated carbocycles. The molecule has 2 unspecified atom stereocenters. The smallest absolute Gasteiger partial charge is 0.251 e. The summed E-state index contributed by atoms with van der Waals surface area (Å²) in [5.74, 6) is 0.00583. The van der Waals surface area contributed by atoms with E-state index in [1.165, 1.54) is 13.8 Å². The lowest BCUT2D eigenvalue weighted by Gasteiger charge is -2.31. The van der Waals surface area contributed by atoms with Crippen molar-refractivity contribution in [2.24, 2.45) is 5.92 Å². The van der Waals surface area contributed by atoms with E-state index in [4.69, 9.17) is 4.74 Å². The number of rotatable bonds is 2. The summed E-state index contributed by atoms with van der Waals surface area (Å²) >= 11 is 0. The number of nitrogens with one attached hydrogen (secondary N) is 1. The highest BCUT2D eigenvalue weighted by Gasteiger charge is 2.29. The summed E-state index contributed by atoms with van der Waals surface area (Å²) in [6, 6.07) is 0.127. The van der Waals surface area contributed by atoms with Crippen LogP contribution < -0.4 is 5.32 Å². The Kier molecular flexibility index (Phi) is 3.50. The van der Waals surface area contributed by atoms with Gasteiger partial charge in [0, 0.05) is 12.6 Å². The number of amides is 1. The number of carbonyl (C=O) groups is 1. The van der Waals surface area contributed by atoms with Crippen molar-refractivity contribution in [2.75, 3.05) is 13.2 Å². The highest BCUT2D eigenvalue weighted by atomic mass is 16.5. The van der Waals surface area contributed by atoms with Gasteiger partial charge in [0.25, 0.3) is 5.91 Å². The Bertz CT molecular complexity index is 210. The third kappa shape index (κ3) is 2.96. The Labute approximate surface area is 84.6 Å². The highest BCUT2D eigenvalue weighted by molar-refractivity contribution is 5.84. The summed E-state index contributed by atoms with van der Waals surface area (Å²) in [7, 11) is 0. The minimum atomic E-state index is -1.29. The summed E-state index contributed by atoms with van der Waals surface area (Å²) in [6.45, 7) is 6.38. The van der Waals surface area contributed by atoms with Crippen LogP contribution in [-0.4, -0.2) is 35.9 Å². The molecule has 4 nitrogen and oxygen atoms in total. The molecule has 0 aromatic heterocycles. The number of carbonyl (C=O) groups excluding carboxylic acids is 1. The van der Waals surface area contributed by atoms with Gasteiger partial charge in [-0.05, 0) is 26.2 Å². The molecule has 0 spiro atoms. The van der Waals surface area contributed by atoms with Crippen molar-refractivity contribution in [3.05, 3.63) is 0 Å². The second-order valence-electron chi connectivity index (χ2n) is 4.48. The lowest BCUT2D eigenvalue weighted by Crippen LogP contribution is -2.51. The molecule has 1 aliphatic rings. The summed E-state index contributed by atoms with van der Waals surface area (Å²) < 4.78 is 5.27. The molecule has 1 saturated heterocycles. The van der Waals surface area contributed by atoms with E-state index in [0.29, 0.717) is 19.1 Å². The van der Waals surface area contributed by atoms with Crippen LogP contribution in [0.1, 0.15) is 27.2 Å². The average Bonchev–Trinajstić information content (AvgIpc) is 2.07. The van der Waals surface area contributed by atoms with Crippen LogP contribution in [-0.2, 0) is 9.53 Å². The Hall–Kier alpha value is -0.610. The van der Waals surface area contributed by atoms with E-state index in [9.17, 15) is 9.90 Å². The third-order valence-corrected chi connectivity index (χ3v) is 2.51. The van der Waals surface area contributed by atoms with Gasteiger partial charge in [-0.1, -0.05) is 6.92 Å². The zero-order valence-corrected chi connectivity index (χ0v) is 9.04. The SMILES string of the molecule is CC1COCCC1NC(=O)C(C)(C)O. The fourth-order valence-electron chi connectivity index (χ4n) is 1.44. The van der Waals surface area contributed by atoms with Gasteiger partial charge < -0.3 is 15.2 Å². The normalized spacial score (nSPS) is 28.6. The van der Waals surface area contributed by atoms with Crippen molar-refractivity contribution >= 4 is 5.91 Å². The quantitative estimate of drug-likeness (QED) is 0.675. The predicted octanol–water partition coefficient (Wildman–Crippen LogP) is 0.299. The maximum Gasteiger partial charge on any atom is 0.251 e. The number of aliphatic hydroxyl groups is 1. The molecular weight excluding hydrogens is 182 g/mol. The number of ether oxygens (including phenoxy) is 1. The topological polar surface area (TPSA) is 58.6 Å². The Morgan fingerprint density at radius 3 is 2.71 bits per heavy atom. The largest absolute Gasteiger partial charge is 0.381 e. The molecule has 0 bridgehead atoms. The van der Waals surface area contributed by atoms with Crippen molar-refractivity contribution in [2.45, 2.75) is 38.8 Å². The van der Waals surface area contributed by atoms with Gasteiger partial charge in [0.15, 0.2) is 0 Å². The first-order chi connectivity index (χ1) is 6.41. The first-order valence-electron chi connectivity index (χ1n) is 5.02. The molecule has 14 heavy (non-hydrogen) atoms. The highest BCUT2D eigenvalue weighted by Crippen LogP contribution is 2.14. The maximum atomic E-state index is 11.5. The second kappa shape index (κ2) is 4.28. The molecular formula is C10H19NO3. The van der Waals surface area contributed by atoms with Crippen molar-refractivity contribution in [1.82, 2.24) is 5.32 Å². The lowest BCUT2D eigenvalue weighted by atomic mass is 9.96. The van der Waals surface area contributed by atoms with Crippen molar-refractivity contribution in [3.63, 3.8) is 0 Å². The first-order valence-corrected chi connectivity index (χ1v) is 5.02. The zero-order valence-electron chi connectivity index (χ0n) is 9.04. The molecule has 1 aliphatic heterocycles. The van der Waals surface area contributed by atoms with Gasteiger partial charge in [-0.15, -0.1) is 0 Å². The molecule has 2 atom stereocenters. The van der Waals surface area contributed by atoms with Crippen LogP contribution in [0.3, 0.4) is 0 Å². The minimum absolute atomic E-state index is 0.127. The molecule has 0 aromatic carbocycles. The van der Waals surface area contributed by atoms with Gasteiger partial charge in [-0.25, -0.2) is 0 Å². The van der Waals surface area contributed by atoms with Gasteiger partial charge in [0.1, 0.15) is 5.60 Å². The summed E-state index contributed by atoms with van der Waals surface area (Å²) in [5.41, 5.74) is -1.29. The predicted molar refractivity (Wildman–Crippen MR) is 52.8 cm³/mol. The number of hydrogen-bond acceptors (Lipinski definition) is 3. The monoisotopic (exact) mass is 201 g/mol. The molecule has 0 aliphatic carbocycles. The molecule has 4 heteroatoms. The van der Waals surface area contributed by atoms with Gasteiger partial charge >= 0.3 is 0 Å². The number of hydrogen-bond donors (Lipinski definition) is 2. The van der Waals surface area contributed by atoms with Crippen LogP contribution in [0, 0.1) is 5.92 Å². The van der Waals surface area contributed by atoms with E-state index in [1.54, 1.807) is 0 Å². The molecule has 0 aromatic rings. The van der Waals surface area contributed by atoms with Gasteiger partial charge in [-0.2, -0.15) is 0 Å². The van der Waals surface area contributed by atoms with Gasteiger partial charge in [0.05, 0.1) is 6.61 Å². The van der Waals surface area contributed by atoms with E-state index in [-0.39, 0.29) is 11.9 Å². The van der Waals surface area contributed by atoms with E-state index in [1.807, 2.05) is 6.92 Å². The molecule has 1 fully saturated rings. The van der Waals surface area contributed by atoms with Crippen LogP contribution >= 0.6 is 0 Å². The Balaban J connectivity index is 2.46. The van der Waals surface area contributed by atoms with Gasteiger partial charge in [0.2, 0.25) is 0 Å². The summed E-state index contributed by atoms with van der Waals surface area (Å²) in [6.07, 6.45) is 0.822. The maximum absolute atomic E-state index is 11.5. The molecule has 2 N–H and O–H groups in total. The molecule has 0 radical (unpaired) electrons. The molecule has 1 rings (SSSR count). The van der Waals surface area contributed by atoms with E-state index >= 15 is 0 Å². The lowest BCUT2D eigenvalue weighted by molar-refractivity contribution is -0.138. The third-order valence-electron chi connectivity index (χ3n) is 2.51. The van der Waals surface area contributed by atoms with Crippen molar-refractivity contribution in [1.29, 1.82) is 0 Å². The second-order valence-corrected chi connectivity index (χ2v) is 4.48. The standard InChI is InChI=1S/C10H19NO3/c1-7-6-14-5-4-8(7)11-9(12)10(2,3)13/h7-8,13H,4-6H2,1-3H3,(H,11,12). The van der Waals surface area contributed by atoms with Crippen LogP contribution in [0.5, 0.6) is 0 Å². The summed E-state index contributed by atoms with van der Waals surface area (Å²) in [4.78, 5) is 11.5. The van der Waals surface area contributed by atoms with Crippen LogP contribution in [0.4, 0.5) is 0 Å². The van der Waals surface area contributed by atoms with Crippen LogP contribution in [0.2, 0.25) is 0 Å². The fourth-order valence-corrected chi connectivity index (χ4v) is 1.44. The van der Waals surface area contributed by atoms with E-state index < -0.39 is 5.60 Å². The van der Waals surface area contributed by atoms with E-state index in [0.717, 1.165) is 6.42 Å². The first kappa shape index (κ1) is 11.5. The van der Waals surface area contributed by atoms with E-state index in [2.05, 4.69) is 5.32 Å². The van der Waals surface area contributed by atoms with Crippen LogP contribution in [0.15, 0.2) is 0 Å². The Morgan fingerprint density at radius 1 is 1.57 bits per heavy atom. The fraction of sp³-hybridized carbons (Fsp3) is 0.900. The molecule has 82 valence electrons. The summed E-state index contributed by atoms with van der Waals surface area (Å²) in [5, 5.41) is 12.3. The van der Waals surface area contributed by atoms with Crippen molar-refractivity contribution < 1.29 is 14.6 Å². The molecule has 1 amide bonds. The van der Waals surface area contributed by atoms with Crippen LogP contribution in [0.25, 0.3) is 0 Å². The molecule has 1 heterocycles. The zero-order chi connectivity index (χ0) is 10.8. The van der Waals surface area contributed by atoms with Crippen molar-refractivity contribution in [3.8, 4) is 0 Å². The minimum Gasteiger partial charge on any atom is -0.381 e. The Morgan fingerprint density at radius 2 is 2.21 bits per heavy atom. The van der Waals surface area contributed by atoms with Gasteiger partial charge in [-0.3, -0.25) is 4.79 Å². The average molecular weight is 201 g/mol.